The van der Waals surface area contributed by atoms with Crippen molar-refractivity contribution in [2.75, 3.05) is 13.2 Å². The molecule has 0 radical (unpaired) electrons. The Morgan fingerprint density at radius 2 is 1.26 bits per heavy atom. The Bertz CT molecular complexity index is 232. The summed E-state index contributed by atoms with van der Waals surface area (Å²) in [5, 5.41) is 0. The normalized spacial score (nSPS) is 13.6. The molecule has 0 bridgehead atoms. The molecular formula is C16H34O3. The molecule has 0 aliphatic heterocycles. The maximum absolute atomic E-state index is 5.97. The first-order chi connectivity index (χ1) is 8.54. The van der Waals surface area contributed by atoms with Crippen LogP contribution in [0.3, 0.4) is 0 Å². The smallest absolute Gasteiger partial charge is 0.0651 e. The van der Waals surface area contributed by atoms with Crippen LogP contribution < -0.4 is 0 Å². The van der Waals surface area contributed by atoms with Gasteiger partial charge in [0.25, 0.3) is 0 Å². The molecular weight excluding hydrogens is 240 g/mol. The van der Waals surface area contributed by atoms with Crippen LogP contribution in [0.25, 0.3) is 0 Å². The molecule has 0 rings (SSSR count). The lowest BCUT2D eigenvalue weighted by atomic mass is 10.0. The van der Waals surface area contributed by atoms with Crippen molar-refractivity contribution >= 4 is 0 Å². The van der Waals surface area contributed by atoms with Crippen LogP contribution in [0.5, 0.6) is 0 Å². The second-order valence-electron chi connectivity index (χ2n) is 6.95. The van der Waals surface area contributed by atoms with Crippen molar-refractivity contribution < 1.29 is 14.2 Å². The van der Waals surface area contributed by atoms with Gasteiger partial charge in [0.2, 0.25) is 0 Å². The van der Waals surface area contributed by atoms with Gasteiger partial charge >= 0.3 is 0 Å². The molecule has 19 heavy (non-hydrogen) atoms. The summed E-state index contributed by atoms with van der Waals surface area (Å²) in [6, 6.07) is 0. The molecule has 0 saturated carbocycles. The van der Waals surface area contributed by atoms with Gasteiger partial charge in [-0.25, -0.2) is 0 Å². The first kappa shape index (κ1) is 18.9. The maximum Gasteiger partial charge on any atom is 0.0651 e. The van der Waals surface area contributed by atoms with Crippen molar-refractivity contribution in [3.8, 4) is 0 Å². The average molecular weight is 274 g/mol. The monoisotopic (exact) mass is 274 g/mol. The third kappa shape index (κ3) is 11.4. The molecule has 3 nitrogen and oxygen atoms in total. The van der Waals surface area contributed by atoms with Crippen LogP contribution in [-0.2, 0) is 14.2 Å². The Morgan fingerprint density at radius 3 is 1.74 bits per heavy atom. The molecule has 0 fully saturated rings. The van der Waals surface area contributed by atoms with Crippen LogP contribution in [0.2, 0.25) is 0 Å². The van der Waals surface area contributed by atoms with E-state index in [2.05, 4.69) is 55.4 Å². The van der Waals surface area contributed by atoms with Gasteiger partial charge in [0.05, 0.1) is 30.0 Å². The van der Waals surface area contributed by atoms with Gasteiger partial charge in [-0.2, -0.15) is 0 Å². The van der Waals surface area contributed by atoms with E-state index >= 15 is 0 Å². The zero-order valence-corrected chi connectivity index (χ0v) is 14.2. The number of hydrogen-bond donors (Lipinski definition) is 0. The number of rotatable bonds is 10. The fraction of sp³-hybridized carbons (Fsp3) is 1.00. The Labute approximate surface area is 120 Å². The van der Waals surface area contributed by atoms with E-state index in [0.29, 0.717) is 6.61 Å². The van der Waals surface area contributed by atoms with Crippen LogP contribution in [0.1, 0.15) is 68.2 Å². The highest BCUT2D eigenvalue weighted by Gasteiger charge is 2.23. The summed E-state index contributed by atoms with van der Waals surface area (Å²) in [6.07, 6.45) is 2.35. The van der Waals surface area contributed by atoms with Gasteiger partial charge in [-0.1, -0.05) is 0 Å². The molecule has 0 saturated heterocycles. The highest BCUT2D eigenvalue weighted by Crippen LogP contribution is 2.20. The number of ether oxygens (including phenoxy) is 3. The summed E-state index contributed by atoms with van der Waals surface area (Å²) >= 11 is 0. The molecule has 116 valence electrons. The summed E-state index contributed by atoms with van der Waals surface area (Å²) in [6.45, 7) is 18.2. The first-order valence-electron chi connectivity index (χ1n) is 7.47. The highest BCUT2D eigenvalue weighted by molar-refractivity contribution is 4.73. The molecule has 0 aromatic carbocycles. The maximum atomic E-state index is 5.97. The molecule has 0 aliphatic rings. The fourth-order valence-electron chi connectivity index (χ4n) is 1.88. The van der Waals surface area contributed by atoms with Crippen LogP contribution in [0.15, 0.2) is 0 Å². The van der Waals surface area contributed by atoms with Gasteiger partial charge < -0.3 is 14.2 Å². The fourth-order valence-corrected chi connectivity index (χ4v) is 1.88. The second kappa shape index (κ2) is 8.23. The summed E-state index contributed by atoms with van der Waals surface area (Å²) in [7, 11) is 0. The Kier molecular flexibility index (Phi) is 8.18. The molecule has 0 amide bonds. The zero-order valence-electron chi connectivity index (χ0n) is 14.2. The molecule has 3 heteroatoms. The Hall–Kier alpha value is -0.120. The third-order valence-electron chi connectivity index (χ3n) is 2.91. The quantitative estimate of drug-likeness (QED) is 0.598. The van der Waals surface area contributed by atoms with E-state index in [1.807, 2.05) is 0 Å². The van der Waals surface area contributed by atoms with Gasteiger partial charge in [0.1, 0.15) is 0 Å². The van der Waals surface area contributed by atoms with E-state index in [9.17, 15) is 0 Å². The molecule has 0 aliphatic carbocycles. The Balaban J connectivity index is 3.90. The van der Waals surface area contributed by atoms with Gasteiger partial charge in [-0.15, -0.1) is 0 Å². The van der Waals surface area contributed by atoms with Crippen molar-refractivity contribution in [1.82, 2.24) is 0 Å². The van der Waals surface area contributed by atoms with Gasteiger partial charge in [-0.05, 0) is 68.2 Å². The summed E-state index contributed by atoms with van der Waals surface area (Å²) in [5.74, 6) is 0. The van der Waals surface area contributed by atoms with E-state index < -0.39 is 0 Å². The lowest BCUT2D eigenvalue weighted by Crippen LogP contribution is -2.33. The summed E-state index contributed by atoms with van der Waals surface area (Å²) < 4.78 is 17.4. The van der Waals surface area contributed by atoms with Crippen molar-refractivity contribution in [2.24, 2.45) is 0 Å². The van der Waals surface area contributed by atoms with E-state index in [0.717, 1.165) is 19.4 Å². The molecule has 0 aromatic rings. The van der Waals surface area contributed by atoms with Crippen molar-refractivity contribution in [2.45, 2.75) is 91.6 Å². The largest absolute Gasteiger partial charge is 0.379 e. The minimum absolute atomic E-state index is 0.126. The SMILES string of the molecule is CC(C)OCCC(C)(C)OCCC(C)(C)OC(C)C. The zero-order chi connectivity index (χ0) is 15.1. The summed E-state index contributed by atoms with van der Waals surface area (Å²) in [4.78, 5) is 0. The van der Waals surface area contributed by atoms with E-state index in [4.69, 9.17) is 14.2 Å². The topological polar surface area (TPSA) is 27.7 Å². The van der Waals surface area contributed by atoms with Crippen LogP contribution >= 0.6 is 0 Å². The van der Waals surface area contributed by atoms with E-state index in [-0.39, 0.29) is 23.4 Å². The minimum Gasteiger partial charge on any atom is -0.379 e. The minimum atomic E-state index is -0.136. The van der Waals surface area contributed by atoms with Gasteiger partial charge in [0, 0.05) is 6.61 Å². The molecule has 0 atom stereocenters. The predicted molar refractivity (Wildman–Crippen MR) is 80.7 cm³/mol. The lowest BCUT2D eigenvalue weighted by Gasteiger charge is -2.31. The van der Waals surface area contributed by atoms with Crippen molar-refractivity contribution in [1.29, 1.82) is 0 Å². The standard InChI is InChI=1S/C16H34O3/c1-13(2)17-11-9-15(5,6)18-12-10-16(7,8)19-14(3)4/h13-14H,9-12H2,1-8H3. The molecule has 0 spiro atoms. The van der Waals surface area contributed by atoms with E-state index in [1.165, 1.54) is 0 Å². The first-order valence-corrected chi connectivity index (χ1v) is 7.47. The molecule has 0 aromatic heterocycles. The van der Waals surface area contributed by atoms with Gasteiger partial charge in [0.15, 0.2) is 0 Å². The van der Waals surface area contributed by atoms with Crippen molar-refractivity contribution in [3.05, 3.63) is 0 Å². The Morgan fingerprint density at radius 1 is 0.737 bits per heavy atom. The molecule has 0 heterocycles. The van der Waals surface area contributed by atoms with Crippen LogP contribution in [-0.4, -0.2) is 36.6 Å². The second-order valence-corrected chi connectivity index (χ2v) is 6.95. The van der Waals surface area contributed by atoms with Crippen LogP contribution in [0.4, 0.5) is 0 Å². The van der Waals surface area contributed by atoms with E-state index in [1.54, 1.807) is 0 Å². The third-order valence-corrected chi connectivity index (χ3v) is 2.91. The summed E-state index contributed by atoms with van der Waals surface area (Å²) in [5.41, 5.74) is -0.262. The number of hydrogen-bond acceptors (Lipinski definition) is 3. The van der Waals surface area contributed by atoms with Crippen molar-refractivity contribution in [3.63, 3.8) is 0 Å². The molecule has 0 N–H and O–H groups in total. The molecule has 0 unspecified atom stereocenters. The average Bonchev–Trinajstić information content (AvgIpc) is 2.12. The highest BCUT2D eigenvalue weighted by atomic mass is 16.5. The van der Waals surface area contributed by atoms with Gasteiger partial charge in [-0.3, -0.25) is 0 Å². The van der Waals surface area contributed by atoms with Crippen LogP contribution in [0, 0.1) is 0 Å². The lowest BCUT2D eigenvalue weighted by molar-refractivity contribution is -0.0977. The predicted octanol–water partition coefficient (Wildman–Crippen LogP) is 4.19.